The average molecular weight is 310 g/mol. The third-order valence-corrected chi connectivity index (χ3v) is 4.84. The molecule has 2 aromatic rings. The van der Waals surface area contributed by atoms with Crippen molar-refractivity contribution in [1.29, 1.82) is 0 Å². The number of aromatic nitrogens is 1. The van der Waals surface area contributed by atoms with Crippen LogP contribution in [0.25, 0.3) is 10.2 Å². The summed E-state index contributed by atoms with van der Waals surface area (Å²) in [5.41, 5.74) is 0.937. The van der Waals surface area contributed by atoms with Gasteiger partial charge >= 0.3 is 5.97 Å². The van der Waals surface area contributed by atoms with E-state index in [1.54, 1.807) is 18.4 Å². The predicted molar refractivity (Wildman–Crippen MR) is 80.2 cm³/mol. The molecule has 0 spiro atoms. The Morgan fingerprint density at radius 3 is 2.85 bits per heavy atom. The fourth-order valence-electron chi connectivity index (χ4n) is 1.53. The van der Waals surface area contributed by atoms with Gasteiger partial charge in [-0.25, -0.2) is 4.98 Å². The third-order valence-electron chi connectivity index (χ3n) is 2.68. The fourth-order valence-corrected chi connectivity index (χ4v) is 3.54. The first-order valence-electron chi connectivity index (χ1n) is 6.00. The van der Waals surface area contributed by atoms with Crippen LogP contribution in [-0.4, -0.2) is 46.2 Å². The maximum atomic E-state index is 11.8. The van der Waals surface area contributed by atoms with E-state index in [1.807, 2.05) is 24.3 Å². The molecule has 106 valence electrons. The first-order valence-corrected chi connectivity index (χ1v) is 7.80. The molecule has 0 fully saturated rings. The summed E-state index contributed by atoms with van der Waals surface area (Å²) in [6.07, 6.45) is -0.0337. The smallest absolute Gasteiger partial charge is 0.305 e. The molecule has 0 unspecified atom stereocenters. The Kier molecular flexibility index (Phi) is 4.97. The molecule has 0 saturated heterocycles. The number of carbonyl (C=O) groups is 2. The van der Waals surface area contributed by atoms with Gasteiger partial charge in [-0.05, 0) is 12.1 Å². The minimum atomic E-state index is -0.900. The van der Waals surface area contributed by atoms with E-state index in [1.165, 1.54) is 16.7 Å². The lowest BCUT2D eigenvalue weighted by molar-refractivity contribution is -0.137. The maximum Gasteiger partial charge on any atom is 0.305 e. The molecule has 5 nitrogen and oxygen atoms in total. The summed E-state index contributed by atoms with van der Waals surface area (Å²) in [7, 11) is 1.62. The van der Waals surface area contributed by atoms with E-state index in [9.17, 15) is 9.59 Å². The molecular formula is C13H14N2O3S2. The van der Waals surface area contributed by atoms with Crippen molar-refractivity contribution in [2.45, 2.75) is 10.8 Å². The second-order valence-electron chi connectivity index (χ2n) is 4.20. The average Bonchev–Trinajstić information content (AvgIpc) is 2.84. The monoisotopic (exact) mass is 310 g/mol. The van der Waals surface area contributed by atoms with Gasteiger partial charge in [-0.3, -0.25) is 9.59 Å². The molecule has 1 aromatic heterocycles. The van der Waals surface area contributed by atoms with Crippen LogP contribution in [0, 0.1) is 0 Å². The molecule has 20 heavy (non-hydrogen) atoms. The van der Waals surface area contributed by atoms with Gasteiger partial charge in [0.2, 0.25) is 5.91 Å². The molecular weight excluding hydrogens is 296 g/mol. The lowest BCUT2D eigenvalue weighted by atomic mass is 10.3. The zero-order valence-electron chi connectivity index (χ0n) is 10.9. The molecule has 0 aliphatic carbocycles. The number of carboxylic acid groups (broad SMARTS) is 1. The van der Waals surface area contributed by atoms with Crippen LogP contribution in [0.4, 0.5) is 0 Å². The van der Waals surface area contributed by atoms with Gasteiger partial charge in [0.15, 0.2) is 4.34 Å². The number of nitrogens with zero attached hydrogens (tertiary/aromatic N) is 2. The number of aliphatic carboxylic acids is 1. The van der Waals surface area contributed by atoms with E-state index < -0.39 is 5.97 Å². The number of fused-ring (bicyclic) bond motifs is 1. The van der Waals surface area contributed by atoms with Crippen LogP contribution in [-0.2, 0) is 9.59 Å². The number of carboxylic acids is 1. The number of benzene rings is 1. The van der Waals surface area contributed by atoms with Crippen LogP contribution in [0.2, 0.25) is 0 Å². The number of para-hydroxylation sites is 1. The Balaban J connectivity index is 1.87. The van der Waals surface area contributed by atoms with Crippen molar-refractivity contribution in [3.05, 3.63) is 24.3 Å². The highest BCUT2D eigenvalue weighted by Crippen LogP contribution is 2.29. The number of thioether (sulfide) groups is 1. The highest BCUT2D eigenvalue weighted by atomic mass is 32.2. The zero-order chi connectivity index (χ0) is 14.5. The first kappa shape index (κ1) is 14.8. The first-order chi connectivity index (χ1) is 9.56. The highest BCUT2D eigenvalue weighted by Gasteiger charge is 2.12. The molecule has 0 saturated carbocycles. The Hall–Kier alpha value is -1.60. The molecule has 1 amide bonds. The summed E-state index contributed by atoms with van der Waals surface area (Å²) in [5, 5.41) is 8.58. The van der Waals surface area contributed by atoms with E-state index in [4.69, 9.17) is 5.11 Å². The normalized spacial score (nSPS) is 10.7. The molecule has 0 aliphatic heterocycles. The van der Waals surface area contributed by atoms with Gasteiger partial charge in [-0.2, -0.15) is 0 Å². The second-order valence-corrected chi connectivity index (χ2v) is 6.45. The molecule has 1 aromatic carbocycles. The topological polar surface area (TPSA) is 70.5 Å². The fraction of sp³-hybridized carbons (Fsp3) is 0.308. The van der Waals surface area contributed by atoms with Crippen LogP contribution in [0.5, 0.6) is 0 Å². The summed E-state index contributed by atoms with van der Waals surface area (Å²) in [6.45, 7) is 0.231. The Bertz CT molecular complexity index is 594. The Morgan fingerprint density at radius 2 is 2.15 bits per heavy atom. The van der Waals surface area contributed by atoms with E-state index in [-0.39, 0.29) is 24.6 Å². The van der Waals surface area contributed by atoms with E-state index in [2.05, 4.69) is 4.98 Å². The summed E-state index contributed by atoms with van der Waals surface area (Å²) >= 11 is 2.94. The number of amides is 1. The molecule has 0 bridgehead atoms. The summed E-state index contributed by atoms with van der Waals surface area (Å²) in [5.74, 6) is -0.713. The summed E-state index contributed by atoms with van der Waals surface area (Å²) in [4.78, 5) is 28.2. The highest BCUT2D eigenvalue weighted by molar-refractivity contribution is 8.01. The number of rotatable bonds is 6. The molecule has 1 heterocycles. The van der Waals surface area contributed by atoms with Crippen LogP contribution in [0.15, 0.2) is 28.6 Å². The zero-order valence-corrected chi connectivity index (χ0v) is 12.5. The molecule has 0 atom stereocenters. The van der Waals surface area contributed by atoms with E-state index >= 15 is 0 Å². The van der Waals surface area contributed by atoms with Gasteiger partial charge < -0.3 is 10.0 Å². The van der Waals surface area contributed by atoms with Crippen molar-refractivity contribution in [2.75, 3.05) is 19.3 Å². The van der Waals surface area contributed by atoms with Gasteiger partial charge in [-0.15, -0.1) is 11.3 Å². The Morgan fingerprint density at radius 1 is 1.40 bits per heavy atom. The van der Waals surface area contributed by atoms with Gasteiger partial charge in [0.05, 0.1) is 22.4 Å². The molecule has 0 radical (unpaired) electrons. The van der Waals surface area contributed by atoms with Crippen molar-refractivity contribution in [3.63, 3.8) is 0 Å². The van der Waals surface area contributed by atoms with Crippen LogP contribution in [0.1, 0.15) is 6.42 Å². The minimum Gasteiger partial charge on any atom is -0.481 e. The minimum absolute atomic E-state index is 0.0337. The molecule has 2 rings (SSSR count). The standard InChI is InChI=1S/C13H14N2O3S2/c1-15(7-6-12(17)18)11(16)8-19-13-14-9-4-2-3-5-10(9)20-13/h2-5H,6-8H2,1H3,(H,17,18). The van der Waals surface area contributed by atoms with Crippen LogP contribution >= 0.6 is 23.1 Å². The SMILES string of the molecule is CN(CCC(=O)O)C(=O)CSc1nc2ccccc2s1. The number of carbonyl (C=O) groups excluding carboxylic acids is 1. The predicted octanol–water partition coefficient (Wildman–Crippen LogP) is 2.32. The van der Waals surface area contributed by atoms with Gasteiger partial charge in [0.1, 0.15) is 0 Å². The summed E-state index contributed by atoms with van der Waals surface area (Å²) in [6, 6.07) is 7.83. The van der Waals surface area contributed by atoms with Crippen molar-refractivity contribution in [2.24, 2.45) is 0 Å². The van der Waals surface area contributed by atoms with Crippen LogP contribution < -0.4 is 0 Å². The largest absolute Gasteiger partial charge is 0.481 e. The van der Waals surface area contributed by atoms with E-state index in [0.717, 1.165) is 14.6 Å². The van der Waals surface area contributed by atoms with E-state index in [0.29, 0.717) is 0 Å². The molecule has 7 heteroatoms. The van der Waals surface area contributed by atoms with Crippen molar-refractivity contribution >= 4 is 45.2 Å². The number of thiazole rings is 1. The lowest BCUT2D eigenvalue weighted by Gasteiger charge is -2.14. The van der Waals surface area contributed by atoms with Crippen molar-refractivity contribution < 1.29 is 14.7 Å². The van der Waals surface area contributed by atoms with Gasteiger partial charge in [-0.1, -0.05) is 23.9 Å². The van der Waals surface area contributed by atoms with Crippen molar-refractivity contribution in [3.8, 4) is 0 Å². The van der Waals surface area contributed by atoms with Crippen LogP contribution in [0.3, 0.4) is 0 Å². The molecule has 0 aliphatic rings. The quantitative estimate of drug-likeness (QED) is 0.829. The number of hydrogen-bond acceptors (Lipinski definition) is 5. The lowest BCUT2D eigenvalue weighted by Crippen LogP contribution is -2.30. The van der Waals surface area contributed by atoms with Gasteiger partial charge in [0.25, 0.3) is 0 Å². The van der Waals surface area contributed by atoms with Crippen molar-refractivity contribution in [1.82, 2.24) is 9.88 Å². The third kappa shape index (κ3) is 3.94. The maximum absolute atomic E-state index is 11.8. The second kappa shape index (κ2) is 6.71. The van der Waals surface area contributed by atoms with Gasteiger partial charge in [0, 0.05) is 13.6 Å². The summed E-state index contributed by atoms with van der Waals surface area (Å²) < 4.78 is 1.95. The Labute approximate surface area is 124 Å². The number of hydrogen-bond donors (Lipinski definition) is 1. The molecule has 1 N–H and O–H groups in total.